The van der Waals surface area contributed by atoms with Crippen LogP contribution in [0, 0.1) is 0 Å². The first-order chi connectivity index (χ1) is 9.33. The second-order valence-corrected chi connectivity index (χ2v) is 4.88. The highest BCUT2D eigenvalue weighted by Gasteiger charge is 2.09. The summed E-state index contributed by atoms with van der Waals surface area (Å²) in [7, 11) is 0. The average Bonchev–Trinajstić information content (AvgIpc) is 3.03. The van der Waals surface area contributed by atoms with Gasteiger partial charge in [0.15, 0.2) is 11.5 Å². The number of benzene rings is 2. The van der Waals surface area contributed by atoms with Gasteiger partial charge in [0.2, 0.25) is 6.79 Å². The summed E-state index contributed by atoms with van der Waals surface area (Å²) >= 11 is 1.24. The minimum absolute atomic E-state index is 0.0150. The van der Waals surface area contributed by atoms with E-state index in [9.17, 15) is 4.79 Å². The molecule has 4 nitrogen and oxygen atoms in total. The number of aromatic nitrogens is 1. The first-order valence-electron chi connectivity index (χ1n) is 5.75. The molecule has 1 aliphatic rings. The Morgan fingerprint density at radius 1 is 0.947 bits per heavy atom. The van der Waals surface area contributed by atoms with E-state index in [1.165, 1.54) is 11.3 Å². The van der Waals surface area contributed by atoms with Crippen molar-refractivity contribution in [3.63, 3.8) is 0 Å². The minimum Gasteiger partial charge on any atom is -0.454 e. The van der Waals surface area contributed by atoms with Gasteiger partial charge in [0, 0.05) is 0 Å². The van der Waals surface area contributed by atoms with Gasteiger partial charge in [0.1, 0.15) is 0 Å². The number of H-pyrrole nitrogens is 1. The SMILES string of the molecule is O=c1[nH]c2ccccc2s1.c1ccc2c(c1)OCO2. The van der Waals surface area contributed by atoms with Gasteiger partial charge in [0.25, 0.3) is 0 Å². The zero-order valence-electron chi connectivity index (χ0n) is 9.96. The molecule has 0 aliphatic carbocycles. The molecule has 5 heteroatoms. The van der Waals surface area contributed by atoms with E-state index < -0.39 is 0 Å². The van der Waals surface area contributed by atoms with E-state index in [0.29, 0.717) is 6.79 Å². The lowest BCUT2D eigenvalue weighted by Crippen LogP contribution is -1.92. The van der Waals surface area contributed by atoms with Crippen LogP contribution < -0.4 is 14.3 Å². The smallest absolute Gasteiger partial charge is 0.305 e. The highest BCUT2D eigenvalue weighted by molar-refractivity contribution is 7.16. The summed E-state index contributed by atoms with van der Waals surface area (Å²) in [6, 6.07) is 15.3. The van der Waals surface area contributed by atoms with Crippen LogP contribution in [0.25, 0.3) is 10.2 Å². The van der Waals surface area contributed by atoms with E-state index >= 15 is 0 Å². The summed E-state index contributed by atoms with van der Waals surface area (Å²) < 4.78 is 11.2. The molecule has 19 heavy (non-hydrogen) atoms. The Labute approximate surface area is 113 Å². The number of hydrogen-bond acceptors (Lipinski definition) is 4. The maximum atomic E-state index is 10.8. The van der Waals surface area contributed by atoms with Gasteiger partial charge in [-0.3, -0.25) is 4.79 Å². The van der Waals surface area contributed by atoms with Crippen LogP contribution in [0.1, 0.15) is 0 Å². The van der Waals surface area contributed by atoms with Crippen molar-refractivity contribution in [2.75, 3.05) is 6.79 Å². The molecule has 2 heterocycles. The quantitative estimate of drug-likeness (QED) is 0.685. The zero-order chi connectivity index (χ0) is 13.1. The fraction of sp³-hybridized carbons (Fsp3) is 0.0714. The van der Waals surface area contributed by atoms with Gasteiger partial charge in [-0.2, -0.15) is 0 Å². The van der Waals surface area contributed by atoms with Crippen LogP contribution in [0.2, 0.25) is 0 Å². The second kappa shape index (κ2) is 5.16. The predicted octanol–water partition coefficient (Wildman–Crippen LogP) is 3.00. The monoisotopic (exact) mass is 273 g/mol. The lowest BCUT2D eigenvalue weighted by molar-refractivity contribution is 0.174. The van der Waals surface area contributed by atoms with Gasteiger partial charge in [-0.15, -0.1) is 0 Å². The summed E-state index contributed by atoms with van der Waals surface area (Å²) in [6.07, 6.45) is 0. The Kier molecular flexibility index (Phi) is 3.20. The molecule has 2 aromatic carbocycles. The molecule has 0 saturated carbocycles. The Hall–Kier alpha value is -2.27. The van der Waals surface area contributed by atoms with E-state index in [4.69, 9.17) is 9.47 Å². The summed E-state index contributed by atoms with van der Waals surface area (Å²) in [4.78, 5) is 13.5. The molecular formula is C14H11NO3S. The number of aromatic amines is 1. The Balaban J connectivity index is 0.000000117. The van der Waals surface area contributed by atoms with Crippen molar-refractivity contribution >= 4 is 21.6 Å². The molecule has 1 aromatic heterocycles. The summed E-state index contributed by atoms with van der Waals surface area (Å²) in [5.74, 6) is 1.69. The third-order valence-electron chi connectivity index (χ3n) is 2.60. The topological polar surface area (TPSA) is 51.3 Å². The molecule has 1 aliphatic heterocycles. The number of nitrogens with one attached hydrogen (secondary N) is 1. The van der Waals surface area contributed by atoms with Crippen LogP contribution in [0.3, 0.4) is 0 Å². The first kappa shape index (κ1) is 11.8. The average molecular weight is 273 g/mol. The Morgan fingerprint density at radius 2 is 1.58 bits per heavy atom. The second-order valence-electron chi connectivity index (χ2n) is 3.86. The number of hydrogen-bond donors (Lipinski definition) is 1. The minimum atomic E-state index is 0.0150. The van der Waals surface area contributed by atoms with Crippen molar-refractivity contribution < 1.29 is 9.47 Å². The molecule has 0 bridgehead atoms. The van der Waals surface area contributed by atoms with Gasteiger partial charge in [-0.1, -0.05) is 35.6 Å². The fourth-order valence-corrected chi connectivity index (χ4v) is 2.48. The maximum absolute atomic E-state index is 10.8. The van der Waals surface area contributed by atoms with Crippen LogP contribution in [0.15, 0.2) is 53.3 Å². The summed E-state index contributed by atoms with van der Waals surface area (Å²) in [6.45, 7) is 0.360. The first-order valence-corrected chi connectivity index (χ1v) is 6.57. The van der Waals surface area contributed by atoms with Crippen LogP contribution in [-0.4, -0.2) is 11.8 Å². The van der Waals surface area contributed by atoms with Crippen molar-refractivity contribution in [1.29, 1.82) is 0 Å². The van der Waals surface area contributed by atoms with E-state index in [0.717, 1.165) is 21.7 Å². The molecular weight excluding hydrogens is 262 g/mol. The van der Waals surface area contributed by atoms with Gasteiger partial charge in [-0.05, 0) is 24.3 Å². The van der Waals surface area contributed by atoms with Crippen molar-refractivity contribution in [2.45, 2.75) is 0 Å². The van der Waals surface area contributed by atoms with Crippen LogP contribution >= 0.6 is 11.3 Å². The largest absolute Gasteiger partial charge is 0.454 e. The van der Waals surface area contributed by atoms with E-state index in [2.05, 4.69) is 4.98 Å². The predicted molar refractivity (Wildman–Crippen MR) is 75.0 cm³/mol. The Bertz CT molecular complexity index is 688. The van der Waals surface area contributed by atoms with Crippen LogP contribution in [0.4, 0.5) is 0 Å². The molecule has 0 fully saturated rings. The third-order valence-corrected chi connectivity index (χ3v) is 3.47. The number of rotatable bonds is 0. The summed E-state index contributed by atoms with van der Waals surface area (Å²) in [5, 5.41) is 0. The highest BCUT2D eigenvalue weighted by Crippen LogP contribution is 2.30. The number of para-hydroxylation sites is 3. The molecule has 0 spiro atoms. The fourth-order valence-electron chi connectivity index (χ4n) is 1.74. The van der Waals surface area contributed by atoms with Crippen molar-refractivity contribution in [2.24, 2.45) is 0 Å². The molecule has 0 atom stereocenters. The number of fused-ring (bicyclic) bond motifs is 2. The highest BCUT2D eigenvalue weighted by atomic mass is 32.1. The zero-order valence-corrected chi connectivity index (χ0v) is 10.8. The lowest BCUT2D eigenvalue weighted by Gasteiger charge is -1.89. The molecule has 0 saturated heterocycles. The molecule has 0 unspecified atom stereocenters. The lowest BCUT2D eigenvalue weighted by atomic mass is 10.3. The van der Waals surface area contributed by atoms with Gasteiger partial charge in [-0.25, -0.2) is 0 Å². The normalized spacial score (nSPS) is 12.0. The van der Waals surface area contributed by atoms with E-state index in [1.807, 2.05) is 48.5 Å². The number of thiazole rings is 1. The van der Waals surface area contributed by atoms with E-state index in [-0.39, 0.29) is 4.87 Å². The van der Waals surface area contributed by atoms with Gasteiger partial charge < -0.3 is 14.5 Å². The number of ether oxygens (including phenoxy) is 2. The van der Waals surface area contributed by atoms with Crippen LogP contribution in [0.5, 0.6) is 11.5 Å². The van der Waals surface area contributed by atoms with Crippen molar-refractivity contribution in [1.82, 2.24) is 4.98 Å². The maximum Gasteiger partial charge on any atom is 0.305 e. The summed E-state index contributed by atoms with van der Waals surface area (Å²) in [5.41, 5.74) is 0.928. The van der Waals surface area contributed by atoms with Gasteiger partial charge >= 0.3 is 4.87 Å². The molecule has 0 radical (unpaired) electrons. The standard InChI is InChI=1S/C7H5NOS.C7H6O2/c9-7-8-5-3-1-2-4-6(5)10-7;1-2-4-7-6(3-1)8-5-9-7/h1-4H,(H,8,9);1-4H,5H2. The van der Waals surface area contributed by atoms with E-state index in [1.54, 1.807) is 0 Å². The molecule has 96 valence electrons. The van der Waals surface area contributed by atoms with Crippen molar-refractivity contribution in [3.8, 4) is 11.5 Å². The molecule has 1 N–H and O–H groups in total. The third kappa shape index (κ3) is 2.61. The molecule has 3 aromatic rings. The molecule has 4 rings (SSSR count). The van der Waals surface area contributed by atoms with Crippen LogP contribution in [-0.2, 0) is 0 Å². The van der Waals surface area contributed by atoms with Gasteiger partial charge in [0.05, 0.1) is 10.2 Å². The molecule has 0 amide bonds. The Morgan fingerprint density at radius 3 is 2.26 bits per heavy atom. The van der Waals surface area contributed by atoms with Crippen molar-refractivity contribution in [3.05, 3.63) is 58.2 Å².